The highest BCUT2D eigenvalue weighted by Crippen LogP contribution is 2.37. The predicted octanol–water partition coefficient (Wildman–Crippen LogP) is 1.78. The highest BCUT2D eigenvalue weighted by atomic mass is 127. The van der Waals surface area contributed by atoms with Gasteiger partial charge in [0.05, 0.1) is 46.6 Å². The van der Waals surface area contributed by atoms with Crippen LogP contribution in [-0.4, -0.2) is 14.4 Å². The molecule has 0 fully saturated rings. The van der Waals surface area contributed by atoms with E-state index in [-0.39, 0.29) is 0 Å². The van der Waals surface area contributed by atoms with Crippen LogP contribution in [0.3, 0.4) is 0 Å². The zero-order chi connectivity index (χ0) is 7.84. The summed E-state index contributed by atoms with van der Waals surface area (Å²) in [7, 11) is 0. The van der Waals surface area contributed by atoms with Crippen LogP contribution in [0, 0.1) is 0 Å². The minimum absolute atomic E-state index is 0.300. The molecule has 1 aromatic rings. The molecule has 6 heteroatoms. The molecule has 11 heavy (non-hydrogen) atoms. The Morgan fingerprint density at radius 2 is 2.18 bits per heavy atom. The van der Waals surface area contributed by atoms with Crippen LogP contribution in [0.1, 0.15) is 0 Å². The Hall–Kier alpha value is 0.140. The quantitative estimate of drug-likeness (QED) is 0.326. The molecule has 0 saturated carbocycles. The number of hydrogen-bond acceptors (Lipinski definition) is 4. The first-order valence-electron chi connectivity index (χ1n) is 2.95. The lowest BCUT2D eigenvalue weighted by molar-refractivity contribution is 1.04. The first-order valence-corrected chi connectivity index (χ1v) is 5.16. The Balaban J connectivity index is 2.47. The summed E-state index contributed by atoms with van der Waals surface area (Å²) in [5.41, 5.74) is 2.15. The van der Waals surface area contributed by atoms with E-state index in [1.807, 2.05) is 0 Å². The van der Waals surface area contributed by atoms with Crippen molar-refractivity contribution in [3.63, 3.8) is 0 Å². The predicted molar refractivity (Wildman–Crippen MR) is 60.0 cm³/mol. The molecule has 1 aromatic heterocycles. The average Bonchev–Trinajstić information content (AvgIpc) is 2.30. The Kier molecular flexibility index (Phi) is 2.04. The highest BCUT2D eigenvalue weighted by molar-refractivity contribution is 14.1. The SMILES string of the molecule is IC1Nc2cnncc2N1I. The van der Waals surface area contributed by atoms with Crippen molar-refractivity contribution >= 4 is 56.8 Å². The van der Waals surface area contributed by atoms with Crippen LogP contribution >= 0.6 is 45.5 Å². The van der Waals surface area contributed by atoms with Gasteiger partial charge in [0, 0.05) is 0 Å². The smallest absolute Gasteiger partial charge is 0.161 e. The summed E-state index contributed by atoms with van der Waals surface area (Å²) in [6.07, 6.45) is 3.49. The van der Waals surface area contributed by atoms with Gasteiger partial charge in [-0.3, -0.25) is 3.11 Å². The van der Waals surface area contributed by atoms with Crippen LogP contribution in [0.15, 0.2) is 12.4 Å². The van der Waals surface area contributed by atoms with Crippen molar-refractivity contribution in [1.29, 1.82) is 0 Å². The van der Waals surface area contributed by atoms with E-state index in [4.69, 9.17) is 0 Å². The second kappa shape index (κ2) is 2.88. The lowest BCUT2D eigenvalue weighted by Gasteiger charge is -2.11. The van der Waals surface area contributed by atoms with Gasteiger partial charge in [-0.25, -0.2) is 0 Å². The van der Waals surface area contributed by atoms with Gasteiger partial charge in [0.2, 0.25) is 0 Å². The third-order valence-corrected chi connectivity index (χ3v) is 4.42. The van der Waals surface area contributed by atoms with Crippen molar-refractivity contribution in [3.05, 3.63) is 12.4 Å². The number of alkyl halides is 1. The third kappa shape index (κ3) is 1.25. The molecular formula is C5H4I2N4. The summed E-state index contributed by atoms with van der Waals surface area (Å²) in [6.45, 7) is 0. The fourth-order valence-electron chi connectivity index (χ4n) is 0.903. The molecule has 2 heterocycles. The van der Waals surface area contributed by atoms with Gasteiger partial charge in [0.25, 0.3) is 0 Å². The maximum absolute atomic E-state index is 3.80. The molecule has 1 aliphatic heterocycles. The summed E-state index contributed by atoms with van der Waals surface area (Å²) >= 11 is 4.55. The number of fused-ring (bicyclic) bond motifs is 1. The van der Waals surface area contributed by atoms with Crippen LogP contribution < -0.4 is 8.43 Å². The molecule has 0 spiro atoms. The van der Waals surface area contributed by atoms with E-state index in [1.165, 1.54) is 0 Å². The molecule has 0 saturated heterocycles. The first-order chi connectivity index (χ1) is 5.29. The normalized spacial score (nSPS) is 21.3. The Bertz CT molecular complexity index is 279. The Morgan fingerprint density at radius 1 is 1.45 bits per heavy atom. The van der Waals surface area contributed by atoms with Crippen molar-refractivity contribution in [2.24, 2.45) is 0 Å². The van der Waals surface area contributed by atoms with Gasteiger partial charge in [-0.05, 0) is 22.6 Å². The number of hydrogen-bond donors (Lipinski definition) is 1. The number of anilines is 2. The Labute approximate surface area is 91.4 Å². The van der Waals surface area contributed by atoms with Crippen molar-refractivity contribution in [2.75, 3.05) is 8.43 Å². The van der Waals surface area contributed by atoms with Gasteiger partial charge < -0.3 is 5.32 Å². The highest BCUT2D eigenvalue weighted by Gasteiger charge is 2.24. The first kappa shape index (κ1) is 7.77. The lowest BCUT2D eigenvalue weighted by Crippen LogP contribution is -2.19. The topological polar surface area (TPSA) is 41.1 Å². The van der Waals surface area contributed by atoms with E-state index < -0.39 is 0 Å². The van der Waals surface area contributed by atoms with E-state index in [0.717, 1.165) is 11.4 Å². The number of aromatic nitrogens is 2. The summed E-state index contributed by atoms with van der Waals surface area (Å²) < 4.78 is 2.39. The van der Waals surface area contributed by atoms with Crippen molar-refractivity contribution in [3.8, 4) is 0 Å². The second-order valence-electron chi connectivity index (χ2n) is 2.08. The van der Waals surface area contributed by atoms with Crippen molar-refractivity contribution in [2.45, 2.75) is 4.17 Å². The van der Waals surface area contributed by atoms with Crippen molar-refractivity contribution in [1.82, 2.24) is 10.2 Å². The maximum atomic E-state index is 3.80. The molecule has 1 unspecified atom stereocenters. The molecule has 58 valence electrons. The van der Waals surface area contributed by atoms with Gasteiger partial charge in [0.1, 0.15) is 0 Å². The zero-order valence-corrected chi connectivity index (χ0v) is 9.64. The molecule has 4 nitrogen and oxygen atoms in total. The van der Waals surface area contributed by atoms with Gasteiger partial charge in [-0.1, -0.05) is 0 Å². The van der Waals surface area contributed by atoms with Crippen LogP contribution in [-0.2, 0) is 0 Å². The third-order valence-electron chi connectivity index (χ3n) is 1.41. The number of nitrogens with one attached hydrogen (secondary N) is 1. The van der Waals surface area contributed by atoms with Gasteiger partial charge in [-0.15, -0.1) is 0 Å². The zero-order valence-electron chi connectivity index (χ0n) is 5.33. The molecule has 0 bridgehead atoms. The number of rotatable bonds is 0. The summed E-state index contributed by atoms with van der Waals surface area (Å²) in [6, 6.07) is 0. The second-order valence-corrected chi connectivity index (χ2v) is 4.30. The number of nitrogens with zero attached hydrogens (tertiary/aromatic N) is 3. The summed E-state index contributed by atoms with van der Waals surface area (Å²) in [5.74, 6) is 0. The van der Waals surface area contributed by atoms with E-state index in [2.05, 4.69) is 64.1 Å². The van der Waals surface area contributed by atoms with Crippen LogP contribution in [0.2, 0.25) is 0 Å². The lowest BCUT2D eigenvalue weighted by atomic mass is 10.4. The monoisotopic (exact) mass is 374 g/mol. The molecule has 0 radical (unpaired) electrons. The van der Waals surface area contributed by atoms with E-state index in [0.29, 0.717) is 4.17 Å². The van der Waals surface area contributed by atoms with Gasteiger partial charge in [0.15, 0.2) is 4.17 Å². The molecule has 0 aromatic carbocycles. The van der Waals surface area contributed by atoms with Crippen LogP contribution in [0.25, 0.3) is 0 Å². The minimum Gasteiger partial charge on any atom is -0.353 e. The van der Waals surface area contributed by atoms with Crippen LogP contribution in [0.5, 0.6) is 0 Å². The van der Waals surface area contributed by atoms with E-state index >= 15 is 0 Å². The minimum atomic E-state index is 0.300. The fourth-order valence-corrected chi connectivity index (χ4v) is 2.06. The fraction of sp³-hybridized carbons (Fsp3) is 0.200. The maximum Gasteiger partial charge on any atom is 0.161 e. The van der Waals surface area contributed by atoms with E-state index in [1.54, 1.807) is 12.4 Å². The number of halogens is 2. The van der Waals surface area contributed by atoms with Gasteiger partial charge in [-0.2, -0.15) is 10.2 Å². The van der Waals surface area contributed by atoms with Crippen LogP contribution in [0.4, 0.5) is 11.4 Å². The largest absolute Gasteiger partial charge is 0.353 e. The molecule has 1 aliphatic rings. The Morgan fingerprint density at radius 3 is 2.91 bits per heavy atom. The summed E-state index contributed by atoms with van der Waals surface area (Å²) in [5, 5.41) is 10.8. The average molecular weight is 374 g/mol. The molecular weight excluding hydrogens is 370 g/mol. The molecule has 2 rings (SSSR count). The van der Waals surface area contributed by atoms with E-state index in [9.17, 15) is 0 Å². The molecule has 1 atom stereocenters. The van der Waals surface area contributed by atoms with Crippen molar-refractivity contribution < 1.29 is 0 Å². The molecule has 0 aliphatic carbocycles. The summed E-state index contributed by atoms with van der Waals surface area (Å²) in [4.78, 5) is 0. The molecule has 1 N–H and O–H groups in total. The molecule has 0 amide bonds. The standard InChI is InChI=1S/C5H4I2N4/c6-5-10-3-1-8-9-2-4(3)11(5)7/h1-2,5,10H. The van der Waals surface area contributed by atoms with Gasteiger partial charge >= 0.3 is 0 Å².